The molecule has 0 saturated carbocycles. The number of hydrogen-bond acceptors (Lipinski definition) is 2. The fraction of sp³-hybridized carbons (Fsp3) is 0.722. The lowest BCUT2D eigenvalue weighted by Crippen LogP contribution is -2.33. The Balaban J connectivity index is 0.000000660. The molecule has 1 aromatic rings. The van der Waals surface area contributed by atoms with Gasteiger partial charge in [-0.25, -0.2) is 4.57 Å². The van der Waals surface area contributed by atoms with Crippen LogP contribution in [0.25, 0.3) is 0 Å². The minimum absolute atomic E-state index is 1.19. The van der Waals surface area contributed by atoms with Gasteiger partial charge in [0.05, 0.1) is 0 Å². The average molecular weight is 399 g/mol. The van der Waals surface area contributed by atoms with Crippen LogP contribution in [0.5, 0.6) is 0 Å². The lowest BCUT2D eigenvalue weighted by atomic mass is 10.1. The van der Waals surface area contributed by atoms with Crippen LogP contribution in [0.3, 0.4) is 0 Å². The van der Waals surface area contributed by atoms with Crippen LogP contribution < -0.4 is 4.57 Å². The molecule has 8 heteroatoms. The van der Waals surface area contributed by atoms with Crippen molar-refractivity contribution in [2.75, 3.05) is 0 Å². The Morgan fingerprint density at radius 3 is 2.08 bits per heavy atom. The summed E-state index contributed by atoms with van der Waals surface area (Å²) >= 11 is 0. The summed E-state index contributed by atoms with van der Waals surface area (Å²) < 4.78 is 59.9. The zero-order chi connectivity index (χ0) is 20.1. The van der Waals surface area contributed by atoms with Crippen LogP contribution in [-0.2, 0) is 23.1 Å². The maximum Gasteiger partial charge on any atom is 0.522 e. The van der Waals surface area contributed by atoms with Crippen molar-refractivity contribution in [2.45, 2.75) is 83.7 Å². The summed E-state index contributed by atoms with van der Waals surface area (Å²) in [5.41, 5.74) is -4.04. The first kappa shape index (κ1) is 24.8. The molecule has 0 unspecified atom stereocenters. The number of nitrogens with zero attached hydrogens (tertiary/aromatic N) is 1. The number of aromatic nitrogens is 1. The number of rotatable bonds is 10. The fourth-order valence-electron chi connectivity index (χ4n) is 2.32. The summed E-state index contributed by atoms with van der Waals surface area (Å²) in [6.07, 6.45) is 16.6. The van der Waals surface area contributed by atoms with E-state index in [1.54, 1.807) is 0 Å². The molecule has 1 rings (SSSR count). The number of hydrogen-bond donors (Lipinski definition) is 1. The SMILES string of the molecule is CCCCCCCC[n+]1cccc(CCCC)c1.O=S(=O)(O)C(F)(F)F. The van der Waals surface area contributed by atoms with Gasteiger partial charge in [0.25, 0.3) is 0 Å². The van der Waals surface area contributed by atoms with Crippen molar-refractivity contribution in [1.29, 1.82) is 0 Å². The van der Waals surface area contributed by atoms with E-state index in [-0.39, 0.29) is 0 Å². The van der Waals surface area contributed by atoms with E-state index in [1.165, 1.54) is 69.9 Å². The quantitative estimate of drug-likeness (QED) is 0.259. The average Bonchev–Trinajstić information content (AvgIpc) is 2.55. The molecule has 26 heavy (non-hydrogen) atoms. The van der Waals surface area contributed by atoms with Crippen molar-refractivity contribution in [1.82, 2.24) is 0 Å². The highest BCUT2D eigenvalue weighted by Crippen LogP contribution is 2.20. The van der Waals surface area contributed by atoms with Gasteiger partial charge in [-0.1, -0.05) is 46.0 Å². The molecule has 1 heterocycles. The summed E-state index contributed by atoms with van der Waals surface area (Å²) in [6.45, 7) is 5.72. The molecule has 0 aliphatic heterocycles. The highest BCUT2D eigenvalue weighted by atomic mass is 32.2. The Labute approximate surface area is 155 Å². The molecule has 0 fully saturated rings. The van der Waals surface area contributed by atoms with Crippen molar-refractivity contribution >= 4 is 10.1 Å². The van der Waals surface area contributed by atoms with Crippen LogP contribution in [0.2, 0.25) is 0 Å². The second-order valence-electron chi connectivity index (χ2n) is 6.24. The van der Waals surface area contributed by atoms with E-state index in [1.807, 2.05) is 0 Å². The minimum Gasteiger partial charge on any atom is -0.279 e. The van der Waals surface area contributed by atoms with Crippen LogP contribution in [0.1, 0.15) is 70.8 Å². The van der Waals surface area contributed by atoms with E-state index in [9.17, 15) is 13.2 Å². The van der Waals surface area contributed by atoms with Gasteiger partial charge in [0.2, 0.25) is 0 Å². The summed E-state index contributed by atoms with van der Waals surface area (Å²) in [6, 6.07) is 4.45. The normalized spacial score (nSPS) is 11.8. The molecule has 4 nitrogen and oxygen atoms in total. The highest BCUT2D eigenvalue weighted by molar-refractivity contribution is 7.86. The Kier molecular flexibility index (Phi) is 12.5. The predicted octanol–water partition coefficient (Wildman–Crippen LogP) is 5.07. The predicted molar refractivity (Wildman–Crippen MR) is 96.2 cm³/mol. The number of unbranched alkanes of at least 4 members (excludes halogenated alkanes) is 6. The highest BCUT2D eigenvalue weighted by Gasteiger charge is 2.44. The van der Waals surface area contributed by atoms with E-state index >= 15 is 0 Å². The molecule has 1 N–H and O–H groups in total. The lowest BCUT2D eigenvalue weighted by Gasteiger charge is -2.01. The van der Waals surface area contributed by atoms with Gasteiger partial charge in [0.1, 0.15) is 6.54 Å². The zero-order valence-electron chi connectivity index (χ0n) is 15.6. The molecular weight excluding hydrogens is 367 g/mol. The van der Waals surface area contributed by atoms with Gasteiger partial charge >= 0.3 is 15.6 Å². The molecule has 0 aliphatic rings. The molecule has 0 saturated heterocycles. The molecule has 152 valence electrons. The van der Waals surface area contributed by atoms with Crippen molar-refractivity contribution in [2.24, 2.45) is 0 Å². The van der Waals surface area contributed by atoms with Crippen LogP contribution in [0.4, 0.5) is 13.2 Å². The molecule has 1 aromatic heterocycles. The molecular formula is C18H31F3NO3S+. The monoisotopic (exact) mass is 398 g/mol. The van der Waals surface area contributed by atoms with Crippen LogP contribution in [0.15, 0.2) is 24.5 Å². The van der Waals surface area contributed by atoms with Crippen molar-refractivity contribution in [3.8, 4) is 0 Å². The smallest absolute Gasteiger partial charge is 0.279 e. The van der Waals surface area contributed by atoms with Gasteiger partial charge in [-0.05, 0) is 25.3 Å². The van der Waals surface area contributed by atoms with Gasteiger partial charge in [-0.2, -0.15) is 21.6 Å². The summed E-state index contributed by atoms with van der Waals surface area (Å²) in [4.78, 5) is 0. The van der Waals surface area contributed by atoms with Crippen LogP contribution in [0, 0.1) is 0 Å². The first-order valence-corrected chi connectivity index (χ1v) is 10.6. The Morgan fingerprint density at radius 1 is 1.00 bits per heavy atom. The van der Waals surface area contributed by atoms with Crippen molar-refractivity contribution < 1.29 is 30.7 Å². The largest absolute Gasteiger partial charge is 0.522 e. The lowest BCUT2D eigenvalue weighted by molar-refractivity contribution is -0.697. The third kappa shape index (κ3) is 12.2. The molecule has 0 atom stereocenters. The molecule has 0 amide bonds. The third-order valence-corrected chi connectivity index (χ3v) is 4.39. The van der Waals surface area contributed by atoms with E-state index < -0.39 is 15.6 Å². The summed E-state index contributed by atoms with van der Waals surface area (Å²) in [7, 11) is -5.84. The Hall–Kier alpha value is -1.15. The van der Waals surface area contributed by atoms with E-state index in [0.29, 0.717) is 0 Å². The van der Waals surface area contributed by atoms with E-state index in [0.717, 1.165) is 0 Å². The van der Waals surface area contributed by atoms with Gasteiger partial charge in [-0.3, -0.25) is 4.55 Å². The number of alkyl halides is 3. The van der Waals surface area contributed by atoms with Crippen LogP contribution in [-0.4, -0.2) is 18.5 Å². The second kappa shape index (κ2) is 13.1. The van der Waals surface area contributed by atoms with Gasteiger partial charge < -0.3 is 0 Å². The number of pyridine rings is 1. The van der Waals surface area contributed by atoms with Gasteiger partial charge in [0.15, 0.2) is 12.4 Å². The van der Waals surface area contributed by atoms with Crippen molar-refractivity contribution in [3.05, 3.63) is 30.1 Å². The molecule has 0 radical (unpaired) electrons. The number of halogens is 3. The van der Waals surface area contributed by atoms with E-state index in [2.05, 4.69) is 42.9 Å². The zero-order valence-corrected chi connectivity index (χ0v) is 16.5. The summed E-state index contributed by atoms with van der Waals surface area (Å²) in [5.74, 6) is 0. The fourth-order valence-corrected chi connectivity index (χ4v) is 2.32. The van der Waals surface area contributed by atoms with E-state index in [4.69, 9.17) is 13.0 Å². The first-order valence-electron chi connectivity index (χ1n) is 9.13. The van der Waals surface area contributed by atoms with Gasteiger partial charge in [0, 0.05) is 18.1 Å². The molecule has 0 aliphatic carbocycles. The maximum absolute atomic E-state index is 10.7. The Bertz CT molecular complexity index is 590. The van der Waals surface area contributed by atoms with Gasteiger partial charge in [-0.15, -0.1) is 0 Å². The first-order chi connectivity index (χ1) is 12.1. The molecule has 0 aromatic carbocycles. The molecule has 0 bridgehead atoms. The number of aryl methyl sites for hydroxylation is 2. The summed E-state index contributed by atoms with van der Waals surface area (Å²) in [5, 5.41) is 0. The third-order valence-electron chi connectivity index (χ3n) is 3.80. The van der Waals surface area contributed by atoms with Crippen LogP contribution >= 0.6 is 0 Å². The standard InChI is InChI=1S/C17H30N.CHF3O3S/c1-3-5-7-8-9-10-14-18-15-11-13-17(16-18)12-6-4-2;2-1(3,4)8(5,6)7/h11,13,15-16H,3-10,12,14H2,1-2H3;(H,5,6,7)/q+1;. The molecule has 0 spiro atoms. The Morgan fingerprint density at radius 2 is 1.54 bits per heavy atom. The topological polar surface area (TPSA) is 58.2 Å². The van der Waals surface area contributed by atoms with Crippen molar-refractivity contribution in [3.63, 3.8) is 0 Å². The maximum atomic E-state index is 10.7. The second-order valence-corrected chi connectivity index (χ2v) is 7.66. The minimum atomic E-state index is -5.84.